The highest BCUT2D eigenvalue weighted by atomic mass is 79.9. The van der Waals surface area contributed by atoms with Gasteiger partial charge in [0.2, 0.25) is 0 Å². The van der Waals surface area contributed by atoms with Crippen LogP contribution in [0.15, 0.2) is 27.8 Å². The van der Waals surface area contributed by atoms with Crippen molar-refractivity contribution in [1.29, 1.82) is 0 Å². The van der Waals surface area contributed by atoms with Crippen molar-refractivity contribution in [3.05, 3.63) is 28.2 Å². The van der Waals surface area contributed by atoms with Crippen molar-refractivity contribution in [2.24, 2.45) is 10.9 Å². The lowest BCUT2D eigenvalue weighted by Crippen LogP contribution is -2.41. The van der Waals surface area contributed by atoms with E-state index < -0.39 is 0 Å². The van der Waals surface area contributed by atoms with Crippen LogP contribution in [0.1, 0.15) is 12.5 Å². The number of hydrogen-bond donors (Lipinski definition) is 2. The molecule has 1 aliphatic rings. The van der Waals surface area contributed by atoms with E-state index in [0.717, 1.165) is 33.8 Å². The molecule has 1 saturated heterocycles. The van der Waals surface area contributed by atoms with Gasteiger partial charge in [-0.1, -0.05) is 21.1 Å². The molecule has 0 amide bonds. The molecule has 18 heavy (non-hydrogen) atoms. The normalized spacial score (nSPS) is 21.1. The van der Waals surface area contributed by atoms with Crippen LogP contribution in [0.2, 0.25) is 0 Å². The Morgan fingerprint density at radius 2 is 2.39 bits per heavy atom. The van der Waals surface area contributed by atoms with Crippen molar-refractivity contribution in [1.82, 2.24) is 0 Å². The Kier molecular flexibility index (Phi) is 4.40. The summed E-state index contributed by atoms with van der Waals surface area (Å²) in [5.74, 6) is 2.36. The summed E-state index contributed by atoms with van der Waals surface area (Å²) < 4.78 is 0.923. The van der Waals surface area contributed by atoms with E-state index >= 15 is 0 Å². The second kappa shape index (κ2) is 5.84. The average molecular weight is 330 g/mol. The van der Waals surface area contributed by atoms with Gasteiger partial charge in [-0.05, 0) is 25.1 Å². The van der Waals surface area contributed by atoms with Crippen molar-refractivity contribution >= 4 is 39.2 Å². The maximum atomic E-state index is 8.89. The monoisotopic (exact) mass is 329 g/mol. The van der Waals surface area contributed by atoms with Gasteiger partial charge in [0.15, 0.2) is 5.84 Å². The third-order valence-corrected chi connectivity index (χ3v) is 4.70. The lowest BCUT2D eigenvalue weighted by Gasteiger charge is -2.36. The molecule has 0 saturated carbocycles. The number of anilines is 1. The van der Waals surface area contributed by atoms with Gasteiger partial charge >= 0.3 is 0 Å². The molecule has 4 nitrogen and oxygen atoms in total. The zero-order valence-corrected chi connectivity index (χ0v) is 12.5. The Labute approximate surface area is 119 Å². The molecule has 1 atom stereocenters. The van der Waals surface area contributed by atoms with E-state index in [2.05, 4.69) is 32.9 Å². The summed E-state index contributed by atoms with van der Waals surface area (Å²) in [5.41, 5.74) is 7.56. The fourth-order valence-electron chi connectivity index (χ4n) is 2.10. The van der Waals surface area contributed by atoms with Crippen molar-refractivity contribution in [3.8, 4) is 0 Å². The standard InChI is InChI=1S/C12H16BrN3OS/c1-8-7-18-5-4-16(8)11-3-2-9(13)6-10(11)12(14)15-17/h2-3,6,8,17H,4-5,7H2,1H3,(H2,14,15). The van der Waals surface area contributed by atoms with Gasteiger partial charge in [-0.2, -0.15) is 11.8 Å². The number of thioether (sulfide) groups is 1. The molecule has 0 aliphatic carbocycles. The van der Waals surface area contributed by atoms with E-state index in [0.29, 0.717) is 6.04 Å². The largest absolute Gasteiger partial charge is 0.409 e. The SMILES string of the molecule is CC1CSCCN1c1ccc(Br)cc1/C(N)=N/O. The second-order valence-corrected chi connectivity index (χ2v) is 6.33. The molecule has 98 valence electrons. The van der Waals surface area contributed by atoms with Gasteiger partial charge in [-0.15, -0.1) is 0 Å². The van der Waals surface area contributed by atoms with Gasteiger partial charge in [0, 0.05) is 39.8 Å². The summed E-state index contributed by atoms with van der Waals surface area (Å²) in [6.07, 6.45) is 0. The minimum Gasteiger partial charge on any atom is -0.409 e. The fourth-order valence-corrected chi connectivity index (χ4v) is 3.48. The zero-order chi connectivity index (χ0) is 13.1. The first-order valence-corrected chi connectivity index (χ1v) is 7.70. The third kappa shape index (κ3) is 2.75. The summed E-state index contributed by atoms with van der Waals surface area (Å²) in [7, 11) is 0. The van der Waals surface area contributed by atoms with Crippen LogP contribution < -0.4 is 10.6 Å². The van der Waals surface area contributed by atoms with Crippen LogP contribution >= 0.6 is 27.7 Å². The predicted molar refractivity (Wildman–Crippen MR) is 80.8 cm³/mol. The Morgan fingerprint density at radius 1 is 1.61 bits per heavy atom. The van der Waals surface area contributed by atoms with E-state index in [1.54, 1.807) is 0 Å². The molecule has 0 radical (unpaired) electrons. The zero-order valence-electron chi connectivity index (χ0n) is 10.1. The number of hydrogen-bond acceptors (Lipinski definition) is 4. The summed E-state index contributed by atoms with van der Waals surface area (Å²) in [6, 6.07) is 6.34. The highest BCUT2D eigenvalue weighted by Crippen LogP contribution is 2.29. The van der Waals surface area contributed by atoms with E-state index in [-0.39, 0.29) is 5.84 Å². The summed E-state index contributed by atoms with van der Waals surface area (Å²) in [6.45, 7) is 3.18. The minimum absolute atomic E-state index is 0.150. The first-order chi connectivity index (χ1) is 8.63. The van der Waals surface area contributed by atoms with E-state index in [1.165, 1.54) is 0 Å². The van der Waals surface area contributed by atoms with Gasteiger partial charge < -0.3 is 15.8 Å². The van der Waals surface area contributed by atoms with E-state index in [4.69, 9.17) is 10.9 Å². The molecule has 0 bridgehead atoms. The molecule has 1 fully saturated rings. The molecule has 0 aromatic heterocycles. The molecule has 2 rings (SSSR count). The number of benzene rings is 1. The van der Waals surface area contributed by atoms with Crippen LogP contribution in [0, 0.1) is 0 Å². The van der Waals surface area contributed by atoms with E-state index in [9.17, 15) is 0 Å². The third-order valence-electron chi connectivity index (χ3n) is 3.02. The first-order valence-electron chi connectivity index (χ1n) is 5.75. The van der Waals surface area contributed by atoms with Crippen LogP contribution in [0.25, 0.3) is 0 Å². The number of halogens is 1. The van der Waals surface area contributed by atoms with Crippen LogP contribution in [-0.4, -0.2) is 35.1 Å². The number of amidine groups is 1. The first kappa shape index (κ1) is 13.5. The lowest BCUT2D eigenvalue weighted by molar-refractivity contribution is 0.318. The Balaban J connectivity index is 2.42. The topological polar surface area (TPSA) is 61.8 Å². The predicted octanol–water partition coefficient (Wildman–Crippen LogP) is 2.49. The molecule has 0 spiro atoms. The molecule has 1 aliphatic heterocycles. The van der Waals surface area contributed by atoms with Crippen LogP contribution in [-0.2, 0) is 0 Å². The minimum atomic E-state index is 0.150. The second-order valence-electron chi connectivity index (χ2n) is 4.26. The molecule has 1 aromatic rings. The Morgan fingerprint density at radius 3 is 3.06 bits per heavy atom. The summed E-state index contributed by atoms with van der Waals surface area (Å²) in [4.78, 5) is 2.32. The van der Waals surface area contributed by atoms with Gasteiger partial charge in [-0.25, -0.2) is 0 Å². The van der Waals surface area contributed by atoms with Crippen molar-refractivity contribution in [3.63, 3.8) is 0 Å². The smallest absolute Gasteiger partial charge is 0.172 e. The highest BCUT2D eigenvalue weighted by molar-refractivity contribution is 9.10. The number of nitrogens with two attached hydrogens (primary N) is 1. The van der Waals surface area contributed by atoms with Crippen molar-refractivity contribution in [2.45, 2.75) is 13.0 Å². The van der Waals surface area contributed by atoms with Crippen molar-refractivity contribution in [2.75, 3.05) is 23.0 Å². The van der Waals surface area contributed by atoms with Crippen LogP contribution in [0.3, 0.4) is 0 Å². The highest BCUT2D eigenvalue weighted by Gasteiger charge is 2.22. The number of oxime groups is 1. The molecule has 6 heteroatoms. The van der Waals surface area contributed by atoms with Gasteiger partial charge in [0.25, 0.3) is 0 Å². The van der Waals surface area contributed by atoms with Crippen molar-refractivity contribution < 1.29 is 5.21 Å². The molecule has 1 unspecified atom stereocenters. The van der Waals surface area contributed by atoms with Gasteiger partial charge in [0.05, 0.1) is 0 Å². The number of nitrogens with zero attached hydrogens (tertiary/aromatic N) is 2. The number of rotatable bonds is 2. The molecule has 1 heterocycles. The average Bonchev–Trinajstić information content (AvgIpc) is 2.39. The maximum absolute atomic E-state index is 8.89. The molecule has 1 aromatic carbocycles. The molecular formula is C12H16BrN3OS. The molecular weight excluding hydrogens is 314 g/mol. The fraction of sp³-hybridized carbons (Fsp3) is 0.417. The Bertz CT molecular complexity index is 467. The van der Waals surface area contributed by atoms with Gasteiger partial charge in [0.1, 0.15) is 0 Å². The maximum Gasteiger partial charge on any atom is 0.172 e. The Hall–Kier alpha value is -0.880. The summed E-state index contributed by atoms with van der Waals surface area (Å²) in [5, 5.41) is 12.0. The quantitative estimate of drug-likeness (QED) is 0.379. The van der Waals surface area contributed by atoms with Crippen LogP contribution in [0.5, 0.6) is 0 Å². The van der Waals surface area contributed by atoms with Crippen LogP contribution in [0.4, 0.5) is 5.69 Å². The molecule has 3 N–H and O–H groups in total. The summed E-state index contributed by atoms with van der Waals surface area (Å²) >= 11 is 5.38. The lowest BCUT2D eigenvalue weighted by atomic mass is 10.1. The van der Waals surface area contributed by atoms with Gasteiger partial charge in [-0.3, -0.25) is 0 Å². The van der Waals surface area contributed by atoms with E-state index in [1.807, 2.05) is 30.0 Å².